The van der Waals surface area contributed by atoms with Crippen LogP contribution in [-0.4, -0.2) is 29.4 Å². The van der Waals surface area contributed by atoms with Crippen molar-refractivity contribution in [3.8, 4) is 28.7 Å². The molecule has 4 rings (SSSR count). The van der Waals surface area contributed by atoms with E-state index in [1.807, 2.05) is 18.2 Å². The van der Waals surface area contributed by atoms with Crippen LogP contribution in [-0.2, 0) is 0 Å². The SMILES string of the molecule is Fc1ccc(OCCCSc2nnc(-c3ccc4c(c3)OCO4)o2)cc1. The molecule has 0 amide bonds. The summed E-state index contributed by atoms with van der Waals surface area (Å²) < 4.78 is 34.7. The maximum Gasteiger partial charge on any atom is 0.276 e. The number of benzene rings is 2. The number of hydrogen-bond donors (Lipinski definition) is 0. The summed E-state index contributed by atoms with van der Waals surface area (Å²) in [6.45, 7) is 0.755. The van der Waals surface area contributed by atoms with E-state index >= 15 is 0 Å². The fourth-order valence-corrected chi connectivity index (χ4v) is 3.03. The van der Waals surface area contributed by atoms with Crippen molar-refractivity contribution in [2.75, 3.05) is 19.2 Å². The molecule has 3 aromatic rings. The van der Waals surface area contributed by atoms with Gasteiger partial charge in [0.15, 0.2) is 11.5 Å². The van der Waals surface area contributed by atoms with Gasteiger partial charge in [-0.1, -0.05) is 11.8 Å². The molecule has 0 saturated carbocycles. The smallest absolute Gasteiger partial charge is 0.276 e. The number of rotatable bonds is 7. The molecule has 0 saturated heterocycles. The van der Waals surface area contributed by atoms with Crippen molar-refractivity contribution in [3.63, 3.8) is 0 Å². The molecule has 0 aliphatic carbocycles. The Kier molecular flexibility index (Phi) is 4.92. The first-order valence-corrected chi connectivity index (χ1v) is 9.01. The Morgan fingerprint density at radius 2 is 1.88 bits per heavy atom. The number of halogens is 1. The number of aromatic nitrogens is 2. The Morgan fingerprint density at radius 3 is 2.77 bits per heavy atom. The van der Waals surface area contributed by atoms with Crippen LogP contribution in [0.4, 0.5) is 4.39 Å². The van der Waals surface area contributed by atoms with E-state index in [0.717, 1.165) is 17.7 Å². The van der Waals surface area contributed by atoms with Crippen LogP contribution in [0, 0.1) is 5.82 Å². The molecule has 0 fully saturated rings. The summed E-state index contributed by atoms with van der Waals surface area (Å²) in [5.41, 5.74) is 0.785. The van der Waals surface area contributed by atoms with E-state index in [1.54, 1.807) is 12.1 Å². The Labute approximate surface area is 153 Å². The van der Waals surface area contributed by atoms with Gasteiger partial charge in [-0.2, -0.15) is 0 Å². The summed E-state index contributed by atoms with van der Waals surface area (Å²) in [5, 5.41) is 8.61. The number of fused-ring (bicyclic) bond motifs is 1. The van der Waals surface area contributed by atoms with Gasteiger partial charge in [0.05, 0.1) is 6.61 Å². The minimum absolute atomic E-state index is 0.226. The molecular formula is C18H15FN2O4S. The Morgan fingerprint density at radius 1 is 1.04 bits per heavy atom. The highest BCUT2D eigenvalue weighted by atomic mass is 32.2. The highest BCUT2D eigenvalue weighted by Crippen LogP contribution is 2.36. The van der Waals surface area contributed by atoms with Crippen molar-refractivity contribution in [1.82, 2.24) is 10.2 Å². The molecule has 0 N–H and O–H groups in total. The van der Waals surface area contributed by atoms with Crippen LogP contribution in [0.15, 0.2) is 52.1 Å². The van der Waals surface area contributed by atoms with E-state index in [1.165, 1.54) is 23.9 Å². The van der Waals surface area contributed by atoms with Crippen molar-refractivity contribution in [3.05, 3.63) is 48.3 Å². The lowest BCUT2D eigenvalue weighted by Crippen LogP contribution is -1.98. The quantitative estimate of drug-likeness (QED) is 0.454. The second kappa shape index (κ2) is 7.65. The van der Waals surface area contributed by atoms with E-state index in [9.17, 15) is 4.39 Å². The number of nitrogens with zero attached hydrogens (tertiary/aromatic N) is 2. The molecule has 0 bridgehead atoms. The summed E-state index contributed by atoms with van der Waals surface area (Å²) in [4.78, 5) is 0. The van der Waals surface area contributed by atoms with Gasteiger partial charge in [0.25, 0.3) is 5.22 Å². The zero-order valence-electron chi connectivity index (χ0n) is 13.7. The lowest BCUT2D eigenvalue weighted by molar-refractivity contribution is 0.174. The van der Waals surface area contributed by atoms with Gasteiger partial charge in [-0.05, 0) is 48.9 Å². The normalized spacial score (nSPS) is 12.3. The van der Waals surface area contributed by atoms with Crippen molar-refractivity contribution < 1.29 is 23.0 Å². The third-order valence-corrected chi connectivity index (χ3v) is 4.53. The van der Waals surface area contributed by atoms with E-state index < -0.39 is 0 Å². The minimum Gasteiger partial charge on any atom is -0.494 e. The summed E-state index contributed by atoms with van der Waals surface area (Å²) >= 11 is 1.46. The van der Waals surface area contributed by atoms with E-state index in [-0.39, 0.29) is 12.6 Å². The molecule has 0 radical (unpaired) electrons. The average Bonchev–Trinajstić information content (AvgIpc) is 3.31. The van der Waals surface area contributed by atoms with Gasteiger partial charge in [0.2, 0.25) is 12.7 Å². The van der Waals surface area contributed by atoms with Gasteiger partial charge < -0.3 is 18.6 Å². The molecule has 1 aromatic heterocycles. The van der Waals surface area contributed by atoms with Crippen molar-refractivity contribution in [2.45, 2.75) is 11.6 Å². The predicted molar refractivity (Wildman–Crippen MR) is 93.1 cm³/mol. The molecule has 26 heavy (non-hydrogen) atoms. The molecule has 2 heterocycles. The van der Waals surface area contributed by atoms with E-state index in [2.05, 4.69) is 10.2 Å². The average molecular weight is 374 g/mol. The van der Waals surface area contributed by atoms with Crippen LogP contribution in [0.2, 0.25) is 0 Å². The van der Waals surface area contributed by atoms with Crippen LogP contribution in [0.5, 0.6) is 17.2 Å². The Hall–Kier alpha value is -2.74. The van der Waals surface area contributed by atoms with Crippen molar-refractivity contribution >= 4 is 11.8 Å². The fourth-order valence-electron chi connectivity index (χ4n) is 2.35. The van der Waals surface area contributed by atoms with Crippen LogP contribution in [0.3, 0.4) is 0 Å². The van der Waals surface area contributed by atoms with Crippen LogP contribution in [0.25, 0.3) is 11.5 Å². The van der Waals surface area contributed by atoms with Crippen molar-refractivity contribution in [2.24, 2.45) is 0 Å². The van der Waals surface area contributed by atoms with Gasteiger partial charge in [-0.3, -0.25) is 0 Å². The monoisotopic (exact) mass is 374 g/mol. The minimum atomic E-state index is -0.275. The lowest BCUT2D eigenvalue weighted by Gasteiger charge is -2.04. The number of thioether (sulfide) groups is 1. The maximum atomic E-state index is 12.8. The molecule has 1 aliphatic heterocycles. The summed E-state index contributed by atoms with van der Waals surface area (Å²) in [6.07, 6.45) is 0.795. The summed E-state index contributed by atoms with van der Waals surface area (Å²) in [6, 6.07) is 11.5. The lowest BCUT2D eigenvalue weighted by atomic mass is 10.2. The molecule has 0 spiro atoms. The zero-order valence-corrected chi connectivity index (χ0v) is 14.5. The molecule has 134 valence electrons. The first-order chi connectivity index (χ1) is 12.8. The molecular weight excluding hydrogens is 359 g/mol. The molecule has 1 aliphatic rings. The second-order valence-corrected chi connectivity index (χ2v) is 6.49. The third kappa shape index (κ3) is 3.91. The molecule has 0 atom stereocenters. The third-order valence-electron chi connectivity index (χ3n) is 3.62. The van der Waals surface area contributed by atoms with Gasteiger partial charge in [0.1, 0.15) is 11.6 Å². The Bertz CT molecular complexity index is 885. The molecule has 8 heteroatoms. The number of ether oxygens (including phenoxy) is 3. The van der Waals surface area contributed by atoms with Gasteiger partial charge in [0, 0.05) is 11.3 Å². The molecule has 6 nitrogen and oxygen atoms in total. The van der Waals surface area contributed by atoms with Crippen LogP contribution in [0.1, 0.15) is 6.42 Å². The second-order valence-electron chi connectivity index (χ2n) is 5.45. The predicted octanol–water partition coefficient (Wildman–Crippen LogP) is 4.17. The van der Waals surface area contributed by atoms with Crippen molar-refractivity contribution in [1.29, 1.82) is 0 Å². The van der Waals surface area contributed by atoms with Crippen LogP contribution >= 0.6 is 11.8 Å². The molecule has 2 aromatic carbocycles. The van der Waals surface area contributed by atoms with Gasteiger partial charge in [-0.25, -0.2) is 4.39 Å². The van der Waals surface area contributed by atoms with Crippen LogP contribution < -0.4 is 14.2 Å². The summed E-state index contributed by atoms with van der Waals surface area (Å²) in [7, 11) is 0. The topological polar surface area (TPSA) is 66.6 Å². The Balaban J connectivity index is 1.25. The highest BCUT2D eigenvalue weighted by Gasteiger charge is 2.16. The van der Waals surface area contributed by atoms with E-state index in [4.69, 9.17) is 18.6 Å². The standard InChI is InChI=1S/C18H15FN2O4S/c19-13-3-5-14(6-4-13)22-8-1-9-26-18-21-20-17(25-18)12-2-7-15-16(10-12)24-11-23-15/h2-7,10H,1,8-9,11H2. The van der Waals surface area contributed by atoms with Gasteiger partial charge >= 0.3 is 0 Å². The fraction of sp³-hybridized carbons (Fsp3) is 0.222. The first-order valence-electron chi connectivity index (χ1n) is 8.03. The van der Waals surface area contributed by atoms with Gasteiger partial charge in [-0.15, -0.1) is 10.2 Å². The maximum absolute atomic E-state index is 12.8. The molecule has 0 unspecified atom stereocenters. The largest absolute Gasteiger partial charge is 0.494 e. The first kappa shape index (κ1) is 16.7. The summed E-state index contributed by atoms with van der Waals surface area (Å²) in [5.74, 6) is 2.97. The number of hydrogen-bond acceptors (Lipinski definition) is 7. The highest BCUT2D eigenvalue weighted by molar-refractivity contribution is 7.99. The van der Waals surface area contributed by atoms with E-state index in [0.29, 0.717) is 35.0 Å². The zero-order chi connectivity index (χ0) is 17.8.